The number of fused-ring (bicyclic) bond motifs is 1. The molecule has 0 bridgehead atoms. The highest BCUT2D eigenvalue weighted by Crippen LogP contribution is 2.27. The first-order chi connectivity index (χ1) is 9.72. The summed E-state index contributed by atoms with van der Waals surface area (Å²) in [6, 6.07) is 7.81. The molecule has 5 heteroatoms. The van der Waals surface area contributed by atoms with Gasteiger partial charge in [-0.25, -0.2) is 15.8 Å². The molecule has 108 valence electrons. The Hall–Kier alpha value is -1.46. The highest BCUT2D eigenvalue weighted by atomic mass is 32.1. The van der Waals surface area contributed by atoms with E-state index in [9.17, 15) is 4.79 Å². The molecule has 0 saturated carbocycles. The lowest BCUT2D eigenvalue weighted by molar-refractivity contribution is -0.118. The van der Waals surface area contributed by atoms with Gasteiger partial charge in [0, 0.05) is 6.42 Å². The van der Waals surface area contributed by atoms with E-state index in [2.05, 4.69) is 11.9 Å². The summed E-state index contributed by atoms with van der Waals surface area (Å²) in [4.78, 5) is 16.4. The summed E-state index contributed by atoms with van der Waals surface area (Å²) in [7, 11) is 0. The summed E-state index contributed by atoms with van der Waals surface area (Å²) in [5.74, 6) is 5.82. The van der Waals surface area contributed by atoms with Gasteiger partial charge in [-0.15, -0.1) is 0 Å². The first-order valence-electron chi connectivity index (χ1n) is 7.15. The van der Waals surface area contributed by atoms with E-state index < -0.39 is 0 Å². The number of rotatable bonds is 7. The highest BCUT2D eigenvalue weighted by Gasteiger charge is 2.15. The van der Waals surface area contributed by atoms with Crippen LogP contribution in [0.3, 0.4) is 0 Å². The van der Waals surface area contributed by atoms with E-state index in [0.29, 0.717) is 11.6 Å². The first kappa shape index (κ1) is 14.9. The van der Waals surface area contributed by atoms with Crippen molar-refractivity contribution in [3.8, 4) is 0 Å². The number of hydrazine groups is 1. The average Bonchev–Trinajstić information content (AvgIpc) is 2.89. The number of aromatic nitrogens is 1. The maximum Gasteiger partial charge on any atom is 0.243 e. The lowest BCUT2D eigenvalue weighted by Gasteiger charge is -2.12. The van der Waals surface area contributed by atoms with Crippen LogP contribution in [-0.2, 0) is 4.79 Å². The number of benzene rings is 1. The van der Waals surface area contributed by atoms with Crippen LogP contribution in [-0.4, -0.2) is 10.9 Å². The predicted octanol–water partition coefficient (Wildman–Crippen LogP) is 3.86. The Labute approximate surface area is 123 Å². The number of nitrogens with two attached hydrogens (primary N) is 1. The zero-order valence-electron chi connectivity index (χ0n) is 11.8. The fourth-order valence-corrected chi connectivity index (χ4v) is 2.98. The smallest absolute Gasteiger partial charge is 0.243 e. The number of carbonyl (C=O) groups is 1. The number of nitrogens with zero attached hydrogens (tertiary/aromatic N) is 2. The van der Waals surface area contributed by atoms with Crippen LogP contribution in [0.4, 0.5) is 5.13 Å². The van der Waals surface area contributed by atoms with E-state index in [1.807, 2.05) is 24.3 Å². The van der Waals surface area contributed by atoms with Crippen LogP contribution in [0.25, 0.3) is 10.2 Å². The van der Waals surface area contributed by atoms with Gasteiger partial charge in [0.2, 0.25) is 11.0 Å². The third-order valence-electron chi connectivity index (χ3n) is 3.25. The number of unbranched alkanes of at least 4 members (excludes halogenated alkanes) is 4. The van der Waals surface area contributed by atoms with Crippen molar-refractivity contribution in [2.45, 2.75) is 45.4 Å². The SMILES string of the molecule is CCCCCCCC(=O)N(N)c1nc2ccccc2s1. The normalized spacial score (nSPS) is 10.9. The lowest BCUT2D eigenvalue weighted by atomic mass is 10.1. The molecule has 20 heavy (non-hydrogen) atoms. The van der Waals surface area contributed by atoms with Crippen molar-refractivity contribution in [2.75, 3.05) is 5.01 Å². The first-order valence-corrected chi connectivity index (χ1v) is 7.97. The van der Waals surface area contributed by atoms with Crippen LogP contribution >= 0.6 is 11.3 Å². The minimum atomic E-state index is -0.0550. The molecule has 0 unspecified atom stereocenters. The van der Waals surface area contributed by atoms with Crippen LogP contribution < -0.4 is 10.9 Å². The Morgan fingerprint density at radius 1 is 1.25 bits per heavy atom. The summed E-state index contributed by atoms with van der Waals surface area (Å²) in [5, 5.41) is 1.77. The fourth-order valence-electron chi connectivity index (χ4n) is 2.07. The predicted molar refractivity (Wildman–Crippen MR) is 84.7 cm³/mol. The maximum absolute atomic E-state index is 12.0. The van der Waals surface area contributed by atoms with Gasteiger partial charge in [0.05, 0.1) is 10.2 Å². The molecule has 0 aliphatic heterocycles. The van der Waals surface area contributed by atoms with E-state index in [0.717, 1.165) is 23.1 Å². The number of para-hydroxylation sites is 1. The zero-order valence-corrected chi connectivity index (χ0v) is 12.7. The standard InChI is InChI=1S/C15H21N3OS/c1-2-3-4-5-6-11-14(19)18(16)15-17-12-9-7-8-10-13(12)20-15/h7-10H,2-6,11,16H2,1H3. The molecular formula is C15H21N3OS. The van der Waals surface area contributed by atoms with E-state index >= 15 is 0 Å². The third kappa shape index (κ3) is 3.77. The van der Waals surface area contributed by atoms with Gasteiger partial charge in [-0.3, -0.25) is 4.79 Å². The molecule has 2 aromatic rings. The molecule has 0 spiro atoms. The van der Waals surface area contributed by atoms with Gasteiger partial charge in [0.1, 0.15) is 0 Å². The second-order valence-corrected chi connectivity index (χ2v) is 5.90. The Kier molecular flexibility index (Phi) is 5.49. The van der Waals surface area contributed by atoms with E-state index in [4.69, 9.17) is 5.84 Å². The topological polar surface area (TPSA) is 59.2 Å². The molecule has 1 aromatic heterocycles. The van der Waals surface area contributed by atoms with Gasteiger partial charge in [-0.2, -0.15) is 0 Å². The average molecular weight is 291 g/mol. The second kappa shape index (κ2) is 7.36. The summed E-state index contributed by atoms with van der Waals surface area (Å²) in [5.41, 5.74) is 0.888. The number of hydrogen-bond donors (Lipinski definition) is 1. The van der Waals surface area contributed by atoms with Gasteiger partial charge < -0.3 is 0 Å². The molecule has 0 fully saturated rings. The van der Waals surface area contributed by atoms with Crippen LogP contribution in [0.2, 0.25) is 0 Å². The molecule has 0 atom stereocenters. The number of amides is 1. The Morgan fingerprint density at radius 3 is 2.75 bits per heavy atom. The van der Waals surface area contributed by atoms with Crippen LogP contribution in [0.15, 0.2) is 24.3 Å². The van der Waals surface area contributed by atoms with E-state index in [-0.39, 0.29) is 5.91 Å². The van der Waals surface area contributed by atoms with Gasteiger partial charge in [0.25, 0.3) is 0 Å². The van der Waals surface area contributed by atoms with Gasteiger partial charge >= 0.3 is 0 Å². The molecule has 4 nitrogen and oxygen atoms in total. The zero-order chi connectivity index (χ0) is 14.4. The molecule has 0 aliphatic carbocycles. The Bertz CT molecular complexity index is 534. The molecule has 1 heterocycles. The Morgan fingerprint density at radius 2 is 2.00 bits per heavy atom. The summed E-state index contributed by atoms with van der Waals surface area (Å²) in [6.45, 7) is 2.18. The highest BCUT2D eigenvalue weighted by molar-refractivity contribution is 7.22. The number of anilines is 1. The van der Waals surface area contributed by atoms with Gasteiger partial charge in [-0.05, 0) is 18.6 Å². The Balaban J connectivity index is 1.89. The molecule has 0 saturated heterocycles. The molecule has 1 amide bonds. The summed E-state index contributed by atoms with van der Waals surface area (Å²) >= 11 is 1.45. The minimum Gasteiger partial charge on any atom is -0.273 e. The van der Waals surface area contributed by atoms with Crippen LogP contribution in [0, 0.1) is 0 Å². The lowest BCUT2D eigenvalue weighted by Crippen LogP contribution is -2.37. The van der Waals surface area contributed by atoms with Crippen LogP contribution in [0.5, 0.6) is 0 Å². The molecular weight excluding hydrogens is 270 g/mol. The number of carbonyl (C=O) groups excluding carboxylic acids is 1. The minimum absolute atomic E-state index is 0.0550. The third-order valence-corrected chi connectivity index (χ3v) is 4.29. The van der Waals surface area contributed by atoms with Crippen molar-refractivity contribution >= 4 is 32.6 Å². The second-order valence-electron chi connectivity index (χ2n) is 4.89. The number of hydrogen-bond acceptors (Lipinski definition) is 4. The van der Waals surface area contributed by atoms with Crippen molar-refractivity contribution in [1.29, 1.82) is 0 Å². The number of thiazole rings is 1. The maximum atomic E-state index is 12.0. The van der Waals surface area contributed by atoms with Crippen LogP contribution in [0.1, 0.15) is 45.4 Å². The van der Waals surface area contributed by atoms with Gasteiger partial charge in [0.15, 0.2) is 0 Å². The summed E-state index contributed by atoms with van der Waals surface area (Å²) in [6.07, 6.45) is 6.12. The largest absolute Gasteiger partial charge is 0.273 e. The molecule has 2 rings (SSSR count). The van der Waals surface area contributed by atoms with Crippen molar-refractivity contribution in [3.63, 3.8) is 0 Å². The molecule has 1 aromatic carbocycles. The van der Waals surface area contributed by atoms with Crippen molar-refractivity contribution in [3.05, 3.63) is 24.3 Å². The fraction of sp³-hybridized carbons (Fsp3) is 0.467. The monoisotopic (exact) mass is 291 g/mol. The molecule has 0 radical (unpaired) electrons. The van der Waals surface area contributed by atoms with Crippen molar-refractivity contribution < 1.29 is 4.79 Å². The molecule has 2 N–H and O–H groups in total. The summed E-state index contributed by atoms with van der Waals surface area (Å²) < 4.78 is 1.05. The van der Waals surface area contributed by atoms with Crippen molar-refractivity contribution in [1.82, 2.24) is 4.98 Å². The van der Waals surface area contributed by atoms with Crippen molar-refractivity contribution in [2.24, 2.45) is 5.84 Å². The molecule has 0 aliphatic rings. The quantitative estimate of drug-likeness (QED) is 0.365. The van der Waals surface area contributed by atoms with E-state index in [1.165, 1.54) is 35.6 Å². The van der Waals surface area contributed by atoms with E-state index in [1.54, 1.807) is 0 Å². The van der Waals surface area contributed by atoms with Gasteiger partial charge in [-0.1, -0.05) is 56.1 Å².